The third-order valence-electron chi connectivity index (χ3n) is 3.20. The van der Waals surface area contributed by atoms with Crippen LogP contribution in [0.25, 0.3) is 0 Å². The van der Waals surface area contributed by atoms with Gasteiger partial charge < -0.3 is 15.2 Å². The molecule has 1 fully saturated rings. The molecule has 1 atom stereocenters. The predicted molar refractivity (Wildman–Crippen MR) is 72.7 cm³/mol. The number of carbonyl (C=O) groups excluding carboxylic acids is 1. The second kappa shape index (κ2) is 5.70. The Kier molecular flexibility index (Phi) is 4.17. The van der Waals surface area contributed by atoms with Crippen molar-refractivity contribution in [1.29, 1.82) is 0 Å². The molecule has 108 valence electrons. The molecule has 1 aliphatic rings. The molecule has 20 heavy (non-hydrogen) atoms. The Morgan fingerprint density at radius 2 is 2.25 bits per heavy atom. The Hall–Kier alpha value is -1.76. The largest absolute Gasteiger partial charge is 0.494 e. The molecule has 2 rings (SSSR count). The third-order valence-corrected chi connectivity index (χ3v) is 4.39. The minimum Gasteiger partial charge on any atom is -0.494 e. The van der Waals surface area contributed by atoms with E-state index in [9.17, 15) is 19.1 Å². The van der Waals surface area contributed by atoms with Crippen LogP contribution in [0.4, 0.5) is 4.39 Å². The number of amides is 1. The number of benzene rings is 1. The van der Waals surface area contributed by atoms with Gasteiger partial charge in [0.2, 0.25) is 0 Å². The molecule has 1 aromatic rings. The predicted octanol–water partition coefficient (Wildman–Crippen LogP) is 1.52. The van der Waals surface area contributed by atoms with Crippen molar-refractivity contribution in [2.24, 2.45) is 0 Å². The average Bonchev–Trinajstić information content (AvgIpc) is 2.88. The van der Waals surface area contributed by atoms with Crippen LogP contribution in [0.2, 0.25) is 0 Å². The van der Waals surface area contributed by atoms with E-state index in [0.29, 0.717) is 17.9 Å². The smallest absolute Gasteiger partial charge is 0.330 e. The lowest BCUT2D eigenvalue weighted by molar-refractivity contribution is -0.143. The highest BCUT2D eigenvalue weighted by Crippen LogP contribution is 2.29. The lowest BCUT2D eigenvalue weighted by Crippen LogP contribution is -2.54. The number of rotatable bonds is 4. The summed E-state index contributed by atoms with van der Waals surface area (Å²) in [6, 6.07) is 3.77. The van der Waals surface area contributed by atoms with Gasteiger partial charge in [-0.3, -0.25) is 4.79 Å². The molecular formula is C13H14FNO4S. The average molecular weight is 299 g/mol. The van der Waals surface area contributed by atoms with Crippen LogP contribution in [0.5, 0.6) is 5.75 Å². The number of hydrogen-bond acceptors (Lipinski definition) is 4. The fourth-order valence-electron chi connectivity index (χ4n) is 1.98. The Labute approximate surface area is 119 Å². The summed E-state index contributed by atoms with van der Waals surface area (Å²) < 4.78 is 18.3. The Balaban J connectivity index is 2.19. The number of hydrogen-bond donors (Lipinski definition) is 2. The SMILES string of the molecule is COc1ccc(C(=O)NC2(C(=O)O)CCSC2)cc1F. The summed E-state index contributed by atoms with van der Waals surface area (Å²) in [6.07, 6.45) is 0.359. The number of carboxylic acid groups (broad SMARTS) is 1. The van der Waals surface area contributed by atoms with E-state index in [1.165, 1.54) is 31.0 Å². The van der Waals surface area contributed by atoms with Crippen molar-refractivity contribution in [2.75, 3.05) is 18.6 Å². The van der Waals surface area contributed by atoms with Gasteiger partial charge in [-0.15, -0.1) is 0 Å². The second-order valence-electron chi connectivity index (χ2n) is 4.49. The lowest BCUT2D eigenvalue weighted by atomic mass is 9.98. The van der Waals surface area contributed by atoms with Crippen molar-refractivity contribution in [3.05, 3.63) is 29.6 Å². The monoisotopic (exact) mass is 299 g/mol. The number of carbonyl (C=O) groups is 2. The van der Waals surface area contributed by atoms with Gasteiger partial charge >= 0.3 is 5.97 Å². The minimum atomic E-state index is -1.27. The molecule has 0 aliphatic carbocycles. The van der Waals surface area contributed by atoms with Gasteiger partial charge in [0.05, 0.1) is 7.11 Å². The zero-order chi connectivity index (χ0) is 14.8. The molecule has 1 unspecified atom stereocenters. The zero-order valence-electron chi connectivity index (χ0n) is 10.8. The van der Waals surface area contributed by atoms with Gasteiger partial charge in [-0.2, -0.15) is 11.8 Å². The first kappa shape index (κ1) is 14.6. The van der Waals surface area contributed by atoms with Crippen molar-refractivity contribution < 1.29 is 23.8 Å². The first-order chi connectivity index (χ1) is 9.48. The van der Waals surface area contributed by atoms with E-state index in [1.807, 2.05) is 0 Å². The minimum absolute atomic E-state index is 0.0333. The quantitative estimate of drug-likeness (QED) is 0.881. The number of methoxy groups -OCH3 is 1. The van der Waals surface area contributed by atoms with Crippen molar-refractivity contribution in [3.8, 4) is 5.75 Å². The fraction of sp³-hybridized carbons (Fsp3) is 0.385. The number of halogens is 1. The normalized spacial score (nSPS) is 21.5. The number of ether oxygens (including phenoxy) is 1. The highest BCUT2D eigenvalue weighted by atomic mass is 32.2. The highest BCUT2D eigenvalue weighted by Gasteiger charge is 2.43. The zero-order valence-corrected chi connectivity index (χ0v) is 11.6. The molecule has 1 aliphatic heterocycles. The molecule has 0 aromatic heterocycles. The van der Waals surface area contributed by atoms with Gasteiger partial charge in [0.1, 0.15) is 5.54 Å². The van der Waals surface area contributed by atoms with Crippen LogP contribution in [0.15, 0.2) is 18.2 Å². The summed E-state index contributed by atoms with van der Waals surface area (Å²) in [5, 5.41) is 11.8. The first-order valence-electron chi connectivity index (χ1n) is 5.96. The van der Waals surface area contributed by atoms with Crippen molar-refractivity contribution in [2.45, 2.75) is 12.0 Å². The Morgan fingerprint density at radius 3 is 2.75 bits per heavy atom. The van der Waals surface area contributed by atoms with Gasteiger partial charge in [-0.1, -0.05) is 0 Å². The van der Waals surface area contributed by atoms with Crippen molar-refractivity contribution in [1.82, 2.24) is 5.32 Å². The van der Waals surface area contributed by atoms with Crippen LogP contribution in [0.3, 0.4) is 0 Å². The van der Waals surface area contributed by atoms with E-state index in [1.54, 1.807) is 0 Å². The third kappa shape index (κ3) is 2.72. The van der Waals surface area contributed by atoms with Crippen LogP contribution in [0.1, 0.15) is 16.8 Å². The van der Waals surface area contributed by atoms with E-state index in [0.717, 1.165) is 6.07 Å². The topological polar surface area (TPSA) is 75.6 Å². The summed E-state index contributed by atoms with van der Waals surface area (Å²) in [7, 11) is 1.33. The number of thioether (sulfide) groups is 1. The van der Waals surface area contributed by atoms with Gasteiger partial charge in [-0.05, 0) is 30.4 Å². The maximum atomic E-state index is 13.6. The Morgan fingerprint density at radius 1 is 1.50 bits per heavy atom. The second-order valence-corrected chi connectivity index (χ2v) is 5.60. The molecule has 0 bridgehead atoms. The molecule has 1 saturated heterocycles. The van der Waals surface area contributed by atoms with E-state index >= 15 is 0 Å². The summed E-state index contributed by atoms with van der Waals surface area (Å²) in [5.41, 5.74) is -1.20. The molecular weight excluding hydrogens is 285 g/mol. The fourth-order valence-corrected chi connectivity index (χ4v) is 3.31. The molecule has 7 heteroatoms. The number of carboxylic acids is 1. The van der Waals surface area contributed by atoms with Crippen LogP contribution >= 0.6 is 11.8 Å². The maximum absolute atomic E-state index is 13.6. The number of nitrogens with one attached hydrogen (secondary N) is 1. The molecule has 1 amide bonds. The van der Waals surface area contributed by atoms with Crippen LogP contribution in [-0.2, 0) is 4.79 Å². The molecule has 1 aromatic carbocycles. The maximum Gasteiger partial charge on any atom is 0.330 e. The van der Waals surface area contributed by atoms with Gasteiger partial charge in [0.25, 0.3) is 5.91 Å². The van der Waals surface area contributed by atoms with Crippen molar-refractivity contribution >= 4 is 23.6 Å². The molecule has 0 spiro atoms. The summed E-state index contributed by atoms with van der Waals surface area (Å²) in [6.45, 7) is 0. The summed E-state index contributed by atoms with van der Waals surface area (Å²) >= 11 is 1.47. The van der Waals surface area contributed by atoms with Gasteiger partial charge in [0.15, 0.2) is 11.6 Å². The van der Waals surface area contributed by atoms with Gasteiger partial charge in [-0.25, -0.2) is 9.18 Å². The van der Waals surface area contributed by atoms with E-state index < -0.39 is 23.2 Å². The summed E-state index contributed by atoms with van der Waals surface area (Å²) in [4.78, 5) is 23.4. The van der Waals surface area contributed by atoms with Crippen LogP contribution in [0, 0.1) is 5.82 Å². The Bertz CT molecular complexity index is 543. The molecule has 0 radical (unpaired) electrons. The lowest BCUT2D eigenvalue weighted by Gasteiger charge is -2.24. The van der Waals surface area contributed by atoms with Crippen molar-refractivity contribution in [3.63, 3.8) is 0 Å². The molecule has 5 nitrogen and oxygen atoms in total. The van der Waals surface area contributed by atoms with Crippen LogP contribution < -0.4 is 10.1 Å². The highest BCUT2D eigenvalue weighted by molar-refractivity contribution is 7.99. The molecule has 2 N–H and O–H groups in total. The standard InChI is InChI=1S/C13H14FNO4S/c1-19-10-3-2-8(6-9(10)14)11(16)15-13(12(17)18)4-5-20-7-13/h2-3,6H,4-5,7H2,1H3,(H,15,16)(H,17,18). The van der Waals surface area contributed by atoms with E-state index in [-0.39, 0.29) is 11.3 Å². The molecule has 0 saturated carbocycles. The summed E-state index contributed by atoms with van der Waals surface area (Å²) in [5.74, 6) is -1.31. The molecule has 1 heterocycles. The van der Waals surface area contributed by atoms with E-state index in [4.69, 9.17) is 4.74 Å². The first-order valence-corrected chi connectivity index (χ1v) is 7.11. The van der Waals surface area contributed by atoms with Gasteiger partial charge in [0, 0.05) is 11.3 Å². The van der Waals surface area contributed by atoms with E-state index in [2.05, 4.69) is 5.32 Å². The van der Waals surface area contributed by atoms with Crippen LogP contribution in [-0.4, -0.2) is 41.1 Å². The number of aliphatic carboxylic acids is 1.